The summed E-state index contributed by atoms with van der Waals surface area (Å²) < 4.78 is 17.3. The summed E-state index contributed by atoms with van der Waals surface area (Å²) in [6, 6.07) is 10.2. The van der Waals surface area contributed by atoms with Gasteiger partial charge in [0.05, 0.1) is 0 Å². The monoisotopic (exact) mass is 537 g/mol. The number of epoxide rings is 1. The Kier molecular flexibility index (Phi) is 10.4. The van der Waals surface area contributed by atoms with Crippen LogP contribution >= 0.6 is 17.0 Å². The first-order valence-electron chi connectivity index (χ1n) is 12.9. The Morgan fingerprint density at radius 3 is 2.26 bits per heavy atom. The summed E-state index contributed by atoms with van der Waals surface area (Å²) in [6.45, 7) is 2.25. The molecule has 0 unspecified atom stereocenters. The molecule has 3 fully saturated rings. The van der Waals surface area contributed by atoms with E-state index in [4.69, 9.17) is 14.2 Å². The second-order valence-electron chi connectivity index (χ2n) is 9.91. The van der Waals surface area contributed by atoms with Crippen LogP contribution in [0.4, 0.5) is 0 Å². The Morgan fingerprint density at radius 2 is 1.62 bits per heavy atom. The number of fused-ring (bicyclic) bond motifs is 5. The molecule has 0 saturated carbocycles. The first-order chi connectivity index (χ1) is 16.1. The lowest BCUT2D eigenvalue weighted by atomic mass is 9.97. The number of morpholine rings is 1. The van der Waals surface area contributed by atoms with Crippen molar-refractivity contribution in [2.24, 2.45) is 0 Å². The molecule has 1 aromatic rings. The molecule has 6 atom stereocenters. The number of carbonyl (C=O) groups is 2. The largest absolute Gasteiger partial charge is 0.464 e. The number of ether oxygens (including phenoxy) is 3. The Balaban J connectivity index is 0.00000324. The van der Waals surface area contributed by atoms with E-state index in [-0.39, 0.29) is 41.6 Å². The number of halogens is 1. The Labute approximate surface area is 214 Å². The molecule has 4 rings (SSSR count). The highest BCUT2D eigenvalue weighted by Crippen LogP contribution is 2.48. The van der Waals surface area contributed by atoms with Gasteiger partial charge in [-0.3, -0.25) is 14.5 Å². The molecule has 2 bridgehead atoms. The van der Waals surface area contributed by atoms with Gasteiger partial charge in [-0.25, -0.2) is 0 Å². The van der Waals surface area contributed by atoms with Gasteiger partial charge in [0.1, 0.15) is 30.8 Å². The van der Waals surface area contributed by atoms with E-state index in [1.54, 1.807) is 0 Å². The summed E-state index contributed by atoms with van der Waals surface area (Å²) in [5, 5.41) is 0. The molecule has 0 radical (unpaired) electrons. The van der Waals surface area contributed by atoms with Crippen LogP contribution in [0, 0.1) is 0 Å². The van der Waals surface area contributed by atoms with Gasteiger partial charge in [0, 0.05) is 31.3 Å². The van der Waals surface area contributed by atoms with Crippen LogP contribution in [0.5, 0.6) is 0 Å². The van der Waals surface area contributed by atoms with E-state index in [0.29, 0.717) is 30.7 Å². The van der Waals surface area contributed by atoms with Crippen LogP contribution in [0.15, 0.2) is 30.3 Å². The zero-order valence-electron chi connectivity index (χ0n) is 20.5. The SMILES string of the molecule is Br.CCCCCCCCCC(=O)OC[C@@H](C(=O)O[C@@H]1C[C@@H]2[C@H]3O[C@H]3[C@H](C1)N2C)c1ccccc1. The van der Waals surface area contributed by atoms with Crippen molar-refractivity contribution < 1.29 is 23.8 Å². The first-order valence-corrected chi connectivity index (χ1v) is 12.9. The second kappa shape index (κ2) is 13.0. The van der Waals surface area contributed by atoms with E-state index in [1.807, 2.05) is 30.3 Å². The summed E-state index contributed by atoms with van der Waals surface area (Å²) in [7, 11) is 2.14. The van der Waals surface area contributed by atoms with Crippen LogP contribution in [-0.2, 0) is 23.8 Å². The lowest BCUT2D eigenvalue weighted by Gasteiger charge is -2.38. The predicted octanol–water partition coefficient (Wildman–Crippen LogP) is 5.19. The van der Waals surface area contributed by atoms with Gasteiger partial charge in [0.25, 0.3) is 0 Å². The predicted molar refractivity (Wildman–Crippen MR) is 136 cm³/mol. The fourth-order valence-corrected chi connectivity index (χ4v) is 5.50. The molecule has 3 aliphatic rings. The van der Waals surface area contributed by atoms with Gasteiger partial charge in [-0.2, -0.15) is 0 Å². The number of carbonyl (C=O) groups excluding carboxylic acids is 2. The van der Waals surface area contributed by atoms with Crippen LogP contribution < -0.4 is 0 Å². The minimum absolute atomic E-state index is 0. The van der Waals surface area contributed by atoms with Gasteiger partial charge in [0.15, 0.2) is 0 Å². The van der Waals surface area contributed by atoms with Crippen molar-refractivity contribution in [2.75, 3.05) is 13.7 Å². The smallest absolute Gasteiger partial charge is 0.317 e. The number of benzene rings is 1. The molecule has 3 aliphatic heterocycles. The van der Waals surface area contributed by atoms with Crippen molar-refractivity contribution in [2.45, 2.75) is 107 Å². The third kappa shape index (κ3) is 6.82. The van der Waals surface area contributed by atoms with Crippen LogP contribution in [0.3, 0.4) is 0 Å². The number of esters is 2. The van der Waals surface area contributed by atoms with E-state index in [0.717, 1.165) is 37.7 Å². The van der Waals surface area contributed by atoms with Crippen LogP contribution in [0.25, 0.3) is 0 Å². The summed E-state index contributed by atoms with van der Waals surface area (Å²) in [5.41, 5.74) is 0.827. The van der Waals surface area contributed by atoms with Crippen molar-refractivity contribution in [3.8, 4) is 0 Å². The summed E-state index contributed by atoms with van der Waals surface area (Å²) in [6.07, 6.45) is 10.6. The molecule has 3 saturated heterocycles. The molecular weight excluding hydrogens is 498 g/mol. The molecule has 0 spiro atoms. The zero-order chi connectivity index (χ0) is 23.2. The molecule has 190 valence electrons. The quantitative estimate of drug-likeness (QED) is 0.196. The molecule has 34 heavy (non-hydrogen) atoms. The van der Waals surface area contributed by atoms with Gasteiger partial charge in [-0.1, -0.05) is 75.8 Å². The van der Waals surface area contributed by atoms with Gasteiger partial charge < -0.3 is 14.2 Å². The highest BCUT2D eigenvalue weighted by molar-refractivity contribution is 8.93. The van der Waals surface area contributed by atoms with E-state index in [1.165, 1.54) is 25.7 Å². The molecule has 0 amide bonds. The standard InChI is InChI=1S/C27H39NO5.BrH/c1-3-4-5-6-7-8-12-15-24(29)31-18-21(19-13-10-9-11-14-19)27(30)32-20-16-22-25-26(33-25)23(17-20)28(22)2;/h9-11,13-14,20-23,25-26H,3-8,12,15-18H2,1-2H3;1H/t20-,21-,22-,23+,25-,26+;/m1./s1. The number of unbranched alkanes of at least 4 members (excludes halogenated alkanes) is 6. The van der Waals surface area contributed by atoms with Gasteiger partial charge >= 0.3 is 11.9 Å². The van der Waals surface area contributed by atoms with Crippen molar-refractivity contribution in [3.05, 3.63) is 35.9 Å². The van der Waals surface area contributed by atoms with Crippen LogP contribution in [0.1, 0.15) is 82.6 Å². The van der Waals surface area contributed by atoms with E-state index in [2.05, 4.69) is 18.9 Å². The van der Waals surface area contributed by atoms with Crippen molar-refractivity contribution in [3.63, 3.8) is 0 Å². The molecule has 7 heteroatoms. The number of hydrogen-bond acceptors (Lipinski definition) is 6. The van der Waals surface area contributed by atoms with Crippen LogP contribution in [-0.4, -0.2) is 60.9 Å². The van der Waals surface area contributed by atoms with E-state index >= 15 is 0 Å². The normalized spacial score (nSPS) is 27.9. The lowest BCUT2D eigenvalue weighted by Crippen LogP contribution is -2.48. The maximum Gasteiger partial charge on any atom is 0.317 e. The maximum absolute atomic E-state index is 13.2. The topological polar surface area (TPSA) is 68.4 Å². The highest BCUT2D eigenvalue weighted by atomic mass is 79.9. The van der Waals surface area contributed by atoms with Crippen molar-refractivity contribution in [1.29, 1.82) is 0 Å². The fourth-order valence-electron chi connectivity index (χ4n) is 5.50. The minimum Gasteiger partial charge on any atom is -0.464 e. The third-order valence-corrected chi connectivity index (χ3v) is 7.54. The van der Waals surface area contributed by atoms with Crippen molar-refractivity contribution >= 4 is 28.9 Å². The molecular formula is C27H40BrNO5. The Morgan fingerprint density at radius 1 is 1.00 bits per heavy atom. The van der Waals surface area contributed by atoms with Gasteiger partial charge in [-0.05, 0) is 19.0 Å². The average Bonchev–Trinajstić information content (AvgIpc) is 3.58. The number of likely N-dealkylation sites (N-methyl/N-ethyl adjacent to an activating group) is 1. The zero-order valence-corrected chi connectivity index (χ0v) is 22.2. The average molecular weight is 539 g/mol. The number of piperidine rings is 1. The molecule has 0 aromatic heterocycles. The fraction of sp³-hybridized carbons (Fsp3) is 0.704. The second-order valence-corrected chi connectivity index (χ2v) is 9.91. The van der Waals surface area contributed by atoms with Gasteiger partial charge in [-0.15, -0.1) is 17.0 Å². The first kappa shape index (κ1) is 27.2. The lowest BCUT2D eigenvalue weighted by molar-refractivity contribution is -0.159. The van der Waals surface area contributed by atoms with Gasteiger partial charge in [0.2, 0.25) is 0 Å². The summed E-state index contributed by atoms with van der Waals surface area (Å²) in [4.78, 5) is 27.8. The van der Waals surface area contributed by atoms with E-state index in [9.17, 15) is 9.59 Å². The number of hydrogen-bond donors (Lipinski definition) is 0. The number of rotatable bonds is 13. The summed E-state index contributed by atoms with van der Waals surface area (Å²) >= 11 is 0. The van der Waals surface area contributed by atoms with E-state index < -0.39 is 5.92 Å². The highest BCUT2D eigenvalue weighted by Gasteiger charge is 2.62. The minimum atomic E-state index is -0.590. The molecule has 0 aliphatic carbocycles. The Hall–Kier alpha value is -1.44. The molecule has 0 N–H and O–H groups in total. The van der Waals surface area contributed by atoms with Crippen molar-refractivity contribution in [1.82, 2.24) is 4.90 Å². The third-order valence-electron chi connectivity index (χ3n) is 7.54. The molecule has 6 nitrogen and oxygen atoms in total. The van der Waals surface area contributed by atoms with Crippen LogP contribution in [0.2, 0.25) is 0 Å². The number of nitrogens with zero attached hydrogens (tertiary/aromatic N) is 1. The molecule has 1 aromatic carbocycles. The molecule has 3 heterocycles. The Bertz CT molecular complexity index is 772. The summed E-state index contributed by atoms with van der Waals surface area (Å²) in [5.74, 6) is -1.12. The maximum atomic E-state index is 13.2.